The van der Waals surface area contributed by atoms with Gasteiger partial charge in [-0.15, -0.1) is 0 Å². The van der Waals surface area contributed by atoms with E-state index in [2.05, 4.69) is 26.5 Å². The fourth-order valence-corrected chi connectivity index (χ4v) is 4.30. The summed E-state index contributed by atoms with van der Waals surface area (Å²) in [6, 6.07) is 5.25. The average Bonchev–Trinajstić information content (AvgIpc) is 3.37. The van der Waals surface area contributed by atoms with Crippen LogP contribution in [0.3, 0.4) is 0 Å². The van der Waals surface area contributed by atoms with Crippen molar-refractivity contribution in [2.45, 2.75) is 38.8 Å². The van der Waals surface area contributed by atoms with Gasteiger partial charge in [0.05, 0.1) is 41.1 Å². The normalized spacial score (nSPS) is 16.4. The van der Waals surface area contributed by atoms with E-state index in [0.717, 1.165) is 12.8 Å². The lowest BCUT2D eigenvalue weighted by Crippen LogP contribution is -2.48. The molecule has 168 valence electrons. The Hall–Kier alpha value is -4.20. The molecule has 1 unspecified atom stereocenters. The maximum absolute atomic E-state index is 12.9. The zero-order valence-electron chi connectivity index (χ0n) is 18.3. The molecule has 4 aromatic rings. The summed E-state index contributed by atoms with van der Waals surface area (Å²) in [6.45, 7) is 4.91. The molecule has 0 radical (unpaired) electrons. The van der Waals surface area contributed by atoms with E-state index < -0.39 is 0 Å². The number of urea groups is 1. The van der Waals surface area contributed by atoms with Crippen molar-refractivity contribution in [2.75, 3.05) is 13.1 Å². The second-order valence-corrected chi connectivity index (χ2v) is 8.49. The topological polar surface area (TPSA) is 137 Å². The second kappa shape index (κ2) is 8.05. The number of aromatic nitrogens is 6. The van der Waals surface area contributed by atoms with E-state index in [0.29, 0.717) is 46.7 Å². The summed E-state index contributed by atoms with van der Waals surface area (Å²) in [6.07, 6.45) is 6.49. The third-order valence-electron chi connectivity index (χ3n) is 5.81. The zero-order chi connectivity index (χ0) is 23.1. The fraction of sp³-hybridized carbons (Fsp3) is 0.364. The van der Waals surface area contributed by atoms with Gasteiger partial charge in [0.25, 0.3) is 0 Å². The summed E-state index contributed by atoms with van der Waals surface area (Å²) < 4.78 is 3.28. The highest BCUT2D eigenvalue weighted by Gasteiger charge is 2.28. The van der Waals surface area contributed by atoms with Crippen molar-refractivity contribution in [3.05, 3.63) is 46.8 Å². The highest BCUT2D eigenvalue weighted by atomic mass is 16.2. The van der Waals surface area contributed by atoms with E-state index in [1.165, 1.54) is 0 Å². The van der Waals surface area contributed by atoms with Gasteiger partial charge in [0, 0.05) is 25.3 Å². The molecule has 0 aromatic carbocycles. The molecular formula is C22H23N9O2. The Labute approximate surface area is 188 Å². The molecule has 0 saturated carbocycles. The number of carbonyl (C=O) groups excluding carboxylic acids is 1. The molecule has 2 amide bonds. The Morgan fingerprint density at radius 2 is 2.21 bits per heavy atom. The number of nitrogens with zero attached hydrogens (tertiary/aromatic N) is 7. The van der Waals surface area contributed by atoms with E-state index in [4.69, 9.17) is 4.98 Å². The lowest BCUT2D eigenvalue weighted by Gasteiger charge is -2.33. The van der Waals surface area contributed by atoms with E-state index in [1.54, 1.807) is 44.7 Å². The largest absolute Gasteiger partial charge is 0.336 e. The van der Waals surface area contributed by atoms with Crippen molar-refractivity contribution in [1.29, 1.82) is 5.26 Å². The molecule has 1 aliphatic rings. The monoisotopic (exact) mass is 445 g/mol. The van der Waals surface area contributed by atoms with E-state index >= 15 is 0 Å². The lowest BCUT2D eigenvalue weighted by atomic mass is 10.1. The number of carbonyl (C=O) groups is 1. The summed E-state index contributed by atoms with van der Waals surface area (Å²) in [5, 5.41) is 16.5. The van der Waals surface area contributed by atoms with Gasteiger partial charge in [-0.25, -0.2) is 24.1 Å². The highest BCUT2D eigenvalue weighted by Crippen LogP contribution is 2.26. The Bertz CT molecular complexity index is 1460. The number of nitrogens with one attached hydrogen (secondary N) is 2. The first-order valence-corrected chi connectivity index (χ1v) is 10.8. The third kappa shape index (κ3) is 3.69. The summed E-state index contributed by atoms with van der Waals surface area (Å²) >= 11 is 0. The first kappa shape index (κ1) is 20.7. The van der Waals surface area contributed by atoms with Gasteiger partial charge >= 0.3 is 11.7 Å². The minimum Gasteiger partial charge on any atom is -0.336 e. The number of pyridine rings is 1. The number of fused-ring (bicyclic) bond motifs is 2. The molecule has 11 heteroatoms. The maximum atomic E-state index is 12.9. The van der Waals surface area contributed by atoms with Gasteiger partial charge in [-0.1, -0.05) is 0 Å². The van der Waals surface area contributed by atoms with Crippen molar-refractivity contribution in [1.82, 2.24) is 39.3 Å². The van der Waals surface area contributed by atoms with Gasteiger partial charge in [0.15, 0.2) is 11.5 Å². The summed E-state index contributed by atoms with van der Waals surface area (Å²) in [5.41, 5.74) is 2.60. The molecule has 1 saturated heterocycles. The molecule has 0 spiro atoms. The van der Waals surface area contributed by atoms with Crippen molar-refractivity contribution in [3.8, 4) is 17.5 Å². The van der Waals surface area contributed by atoms with Crippen LogP contribution in [0.15, 0.2) is 35.5 Å². The molecular weight excluding hydrogens is 422 g/mol. The van der Waals surface area contributed by atoms with E-state index in [9.17, 15) is 14.9 Å². The number of rotatable bonds is 3. The molecule has 5 rings (SSSR count). The molecule has 11 nitrogen and oxygen atoms in total. The number of imidazole rings is 1. The predicted molar refractivity (Wildman–Crippen MR) is 121 cm³/mol. The highest BCUT2D eigenvalue weighted by molar-refractivity contribution is 5.80. The molecule has 2 N–H and O–H groups in total. The quantitative estimate of drug-likeness (QED) is 0.495. The van der Waals surface area contributed by atoms with Crippen LogP contribution in [0.25, 0.3) is 28.1 Å². The van der Waals surface area contributed by atoms with Crippen molar-refractivity contribution in [3.63, 3.8) is 0 Å². The Kier molecular flexibility index (Phi) is 5.05. The van der Waals surface area contributed by atoms with Gasteiger partial charge in [0.1, 0.15) is 5.52 Å². The number of hydrogen-bond acceptors (Lipinski definition) is 6. The summed E-state index contributed by atoms with van der Waals surface area (Å²) in [7, 11) is 0. The molecule has 5 heterocycles. The van der Waals surface area contributed by atoms with Crippen LogP contribution in [0, 0.1) is 11.3 Å². The van der Waals surface area contributed by atoms with Crippen molar-refractivity contribution < 1.29 is 4.79 Å². The Morgan fingerprint density at radius 1 is 1.36 bits per heavy atom. The number of hydrogen-bond donors (Lipinski definition) is 2. The van der Waals surface area contributed by atoms with Crippen LogP contribution in [0.1, 0.15) is 38.3 Å². The van der Waals surface area contributed by atoms with Crippen LogP contribution in [-0.4, -0.2) is 59.2 Å². The van der Waals surface area contributed by atoms with Crippen LogP contribution in [0.2, 0.25) is 0 Å². The first-order valence-electron chi connectivity index (χ1n) is 10.8. The number of nitriles is 1. The minimum absolute atomic E-state index is 0.0383. The Balaban J connectivity index is 1.55. The lowest BCUT2D eigenvalue weighted by molar-refractivity contribution is 0.165. The van der Waals surface area contributed by atoms with Crippen molar-refractivity contribution >= 4 is 22.7 Å². The van der Waals surface area contributed by atoms with Gasteiger partial charge in [-0.05, 0) is 38.8 Å². The standard InChI is InChI=1S/C22H23N9O2/c1-13(2)26-21(32)29-6-3-4-15(12-29)31-20-17(27-22(31)33)11-24-19(28-20)16-10-25-30-7-5-14(9-23)8-18(16)30/h5,7-8,10-11,13,15H,3-4,6,12H2,1-2H3,(H,26,32)(H,27,33). The SMILES string of the molecule is CC(C)NC(=O)N1CCCC(n2c(=O)[nH]c3cnc(-c4cnn5ccc(C#N)cc45)nc32)C1. The fourth-order valence-electron chi connectivity index (χ4n) is 4.30. The smallest absolute Gasteiger partial charge is 0.328 e. The van der Waals surface area contributed by atoms with Crippen molar-refractivity contribution in [2.24, 2.45) is 0 Å². The van der Waals surface area contributed by atoms with Crippen LogP contribution in [0.5, 0.6) is 0 Å². The van der Waals surface area contributed by atoms with Crippen LogP contribution in [-0.2, 0) is 0 Å². The average molecular weight is 445 g/mol. The molecule has 0 aliphatic carbocycles. The minimum atomic E-state index is -0.279. The van der Waals surface area contributed by atoms with Crippen LogP contribution < -0.4 is 11.0 Å². The summed E-state index contributed by atoms with van der Waals surface area (Å²) in [5.74, 6) is 0.408. The number of amides is 2. The zero-order valence-corrected chi connectivity index (χ0v) is 18.3. The second-order valence-electron chi connectivity index (χ2n) is 8.49. The van der Waals surface area contributed by atoms with Gasteiger partial charge in [-0.2, -0.15) is 10.4 Å². The van der Waals surface area contributed by atoms with E-state index in [1.807, 2.05) is 13.8 Å². The van der Waals surface area contributed by atoms with Crippen LogP contribution >= 0.6 is 0 Å². The number of likely N-dealkylation sites (tertiary alicyclic amines) is 1. The Morgan fingerprint density at radius 3 is 3.00 bits per heavy atom. The third-order valence-corrected chi connectivity index (χ3v) is 5.81. The van der Waals surface area contributed by atoms with Gasteiger partial charge in [0.2, 0.25) is 0 Å². The molecule has 1 aliphatic heterocycles. The van der Waals surface area contributed by atoms with Crippen LogP contribution in [0.4, 0.5) is 4.79 Å². The first-order chi connectivity index (χ1) is 15.9. The van der Waals surface area contributed by atoms with Gasteiger partial charge in [-0.3, -0.25) is 4.57 Å². The predicted octanol–water partition coefficient (Wildman–Crippen LogP) is 2.06. The number of H-pyrrole nitrogens is 1. The molecule has 33 heavy (non-hydrogen) atoms. The number of aromatic amines is 1. The molecule has 1 fully saturated rings. The van der Waals surface area contributed by atoms with Gasteiger partial charge < -0.3 is 15.2 Å². The summed E-state index contributed by atoms with van der Waals surface area (Å²) in [4.78, 5) is 39.1. The molecule has 4 aromatic heterocycles. The molecule has 1 atom stereocenters. The van der Waals surface area contributed by atoms with E-state index in [-0.39, 0.29) is 23.8 Å². The molecule has 0 bridgehead atoms. The number of piperidine rings is 1. The maximum Gasteiger partial charge on any atom is 0.328 e.